The van der Waals surface area contributed by atoms with E-state index in [-0.39, 0.29) is 17.5 Å². The Morgan fingerprint density at radius 1 is 1.12 bits per heavy atom. The van der Waals surface area contributed by atoms with Crippen molar-refractivity contribution in [2.75, 3.05) is 29.9 Å². The number of benzene rings is 1. The summed E-state index contributed by atoms with van der Waals surface area (Å²) in [5.74, 6) is -0.635. The maximum atomic E-state index is 12.4. The van der Waals surface area contributed by atoms with E-state index in [0.29, 0.717) is 17.8 Å². The quantitative estimate of drug-likeness (QED) is 0.716. The number of amides is 2. The minimum Gasteiger partial charge on any atom is -0.372 e. The van der Waals surface area contributed by atoms with Crippen molar-refractivity contribution < 1.29 is 9.59 Å². The number of aromatic nitrogens is 1. The van der Waals surface area contributed by atoms with E-state index in [2.05, 4.69) is 40.9 Å². The zero-order valence-corrected chi connectivity index (χ0v) is 15.2. The van der Waals surface area contributed by atoms with Crippen molar-refractivity contribution in [2.24, 2.45) is 0 Å². The van der Waals surface area contributed by atoms with Gasteiger partial charge in [-0.05, 0) is 50.2 Å². The highest BCUT2D eigenvalue weighted by atomic mass is 16.2. The third-order valence-electron chi connectivity index (χ3n) is 3.92. The van der Waals surface area contributed by atoms with Gasteiger partial charge < -0.3 is 15.5 Å². The second kappa shape index (κ2) is 9.36. The van der Waals surface area contributed by atoms with Crippen LogP contribution in [0.25, 0.3) is 0 Å². The molecule has 1 heterocycles. The van der Waals surface area contributed by atoms with Gasteiger partial charge in [0.25, 0.3) is 11.8 Å². The Kier molecular flexibility index (Phi) is 6.91. The third kappa shape index (κ3) is 4.92. The van der Waals surface area contributed by atoms with Crippen LogP contribution in [-0.4, -0.2) is 36.4 Å². The summed E-state index contributed by atoms with van der Waals surface area (Å²) in [6.45, 7) is 9.96. The van der Waals surface area contributed by atoms with Crippen molar-refractivity contribution in [3.8, 4) is 0 Å². The molecule has 1 aromatic heterocycles. The molecule has 6 nitrogen and oxygen atoms in total. The lowest BCUT2D eigenvalue weighted by Crippen LogP contribution is -2.24. The Balaban J connectivity index is 2.07. The first kappa shape index (κ1) is 19.2. The van der Waals surface area contributed by atoms with E-state index < -0.39 is 0 Å². The molecule has 0 aliphatic heterocycles. The highest BCUT2D eigenvalue weighted by Gasteiger charge is 2.12. The van der Waals surface area contributed by atoms with Gasteiger partial charge in [-0.15, -0.1) is 6.58 Å². The maximum absolute atomic E-state index is 12.4. The summed E-state index contributed by atoms with van der Waals surface area (Å²) in [7, 11) is 0. The van der Waals surface area contributed by atoms with E-state index >= 15 is 0 Å². The molecule has 6 heteroatoms. The molecule has 26 heavy (non-hydrogen) atoms. The van der Waals surface area contributed by atoms with Crippen LogP contribution in [0.2, 0.25) is 0 Å². The number of pyridine rings is 1. The lowest BCUT2D eigenvalue weighted by Gasteiger charge is -2.21. The van der Waals surface area contributed by atoms with Gasteiger partial charge in [0.1, 0.15) is 5.69 Å². The van der Waals surface area contributed by atoms with Gasteiger partial charge in [0.05, 0.1) is 0 Å². The topological polar surface area (TPSA) is 74.3 Å². The van der Waals surface area contributed by atoms with Crippen molar-refractivity contribution in [1.29, 1.82) is 0 Å². The molecule has 1 aromatic carbocycles. The van der Waals surface area contributed by atoms with Gasteiger partial charge in [-0.2, -0.15) is 0 Å². The standard InChI is InChI=1S/C20H24N4O2/c1-4-12-22-19(25)15-11-13-21-18(14-15)20(26)23-16-7-9-17(10-8-16)24(5-2)6-3/h4,7-11,13-14H,1,5-6,12H2,2-3H3,(H,22,25)(H,23,26). The molecule has 2 N–H and O–H groups in total. The number of carbonyl (C=O) groups is 2. The molecule has 2 rings (SSSR count). The largest absolute Gasteiger partial charge is 0.372 e. The Bertz CT molecular complexity index is 768. The molecule has 0 saturated carbocycles. The molecule has 136 valence electrons. The number of carbonyl (C=O) groups excluding carboxylic acids is 2. The van der Waals surface area contributed by atoms with Crippen LogP contribution in [0.5, 0.6) is 0 Å². The number of hydrogen-bond acceptors (Lipinski definition) is 4. The SMILES string of the molecule is C=CCNC(=O)c1ccnc(C(=O)Nc2ccc(N(CC)CC)cc2)c1. The van der Waals surface area contributed by atoms with Crippen molar-refractivity contribution in [1.82, 2.24) is 10.3 Å². The fraction of sp³-hybridized carbons (Fsp3) is 0.250. The van der Waals surface area contributed by atoms with Crippen LogP contribution in [-0.2, 0) is 0 Å². The number of hydrogen-bond donors (Lipinski definition) is 2. The summed E-state index contributed by atoms with van der Waals surface area (Å²) < 4.78 is 0. The fourth-order valence-corrected chi connectivity index (χ4v) is 2.50. The summed E-state index contributed by atoms with van der Waals surface area (Å²) in [4.78, 5) is 30.6. The lowest BCUT2D eigenvalue weighted by molar-refractivity contribution is 0.0958. The Morgan fingerprint density at radius 3 is 2.42 bits per heavy atom. The fourth-order valence-electron chi connectivity index (χ4n) is 2.50. The molecule has 2 aromatic rings. The lowest BCUT2D eigenvalue weighted by atomic mass is 10.2. The zero-order chi connectivity index (χ0) is 18.9. The van der Waals surface area contributed by atoms with Crippen LogP contribution < -0.4 is 15.5 Å². The number of anilines is 2. The highest BCUT2D eigenvalue weighted by molar-refractivity contribution is 6.04. The molecule has 0 unspecified atom stereocenters. The minimum atomic E-state index is -0.362. The van der Waals surface area contributed by atoms with E-state index in [1.807, 2.05) is 24.3 Å². The van der Waals surface area contributed by atoms with E-state index in [9.17, 15) is 9.59 Å². The van der Waals surface area contributed by atoms with Crippen molar-refractivity contribution in [3.63, 3.8) is 0 Å². The first-order valence-corrected chi connectivity index (χ1v) is 8.60. The van der Waals surface area contributed by atoms with Crippen LogP contribution in [0.15, 0.2) is 55.3 Å². The van der Waals surface area contributed by atoms with Crippen LogP contribution in [0.3, 0.4) is 0 Å². The van der Waals surface area contributed by atoms with Gasteiger partial charge in [-0.3, -0.25) is 14.6 Å². The van der Waals surface area contributed by atoms with Crippen LogP contribution in [0.1, 0.15) is 34.7 Å². The Labute approximate surface area is 153 Å². The predicted octanol–water partition coefficient (Wildman–Crippen LogP) is 3.10. The molecule has 0 aliphatic rings. The summed E-state index contributed by atoms with van der Waals surface area (Å²) >= 11 is 0. The van der Waals surface area contributed by atoms with E-state index in [0.717, 1.165) is 18.8 Å². The van der Waals surface area contributed by atoms with Crippen LogP contribution in [0, 0.1) is 0 Å². The second-order valence-electron chi connectivity index (χ2n) is 5.60. The summed E-state index contributed by atoms with van der Waals surface area (Å²) in [5.41, 5.74) is 2.34. The number of rotatable bonds is 8. The predicted molar refractivity (Wildman–Crippen MR) is 105 cm³/mol. The van der Waals surface area contributed by atoms with Crippen molar-refractivity contribution in [3.05, 3.63) is 66.5 Å². The van der Waals surface area contributed by atoms with Crippen LogP contribution >= 0.6 is 0 Å². The van der Waals surface area contributed by atoms with Gasteiger partial charge >= 0.3 is 0 Å². The van der Waals surface area contributed by atoms with Gasteiger partial charge in [-0.25, -0.2) is 0 Å². The normalized spacial score (nSPS) is 10.1. The average molecular weight is 352 g/mol. The minimum absolute atomic E-state index is 0.184. The second-order valence-corrected chi connectivity index (χ2v) is 5.60. The molecular weight excluding hydrogens is 328 g/mol. The molecule has 0 atom stereocenters. The smallest absolute Gasteiger partial charge is 0.274 e. The monoisotopic (exact) mass is 352 g/mol. The summed E-state index contributed by atoms with van der Waals surface area (Å²) in [6, 6.07) is 10.7. The Hall–Kier alpha value is -3.15. The first-order chi connectivity index (χ1) is 12.6. The molecule has 0 saturated heterocycles. The molecule has 0 radical (unpaired) electrons. The summed E-state index contributed by atoms with van der Waals surface area (Å²) in [5, 5.41) is 5.47. The van der Waals surface area contributed by atoms with E-state index in [1.54, 1.807) is 12.1 Å². The molecule has 0 spiro atoms. The third-order valence-corrected chi connectivity index (χ3v) is 3.92. The molecule has 0 fully saturated rings. The van der Waals surface area contributed by atoms with E-state index in [1.165, 1.54) is 12.3 Å². The summed E-state index contributed by atoms with van der Waals surface area (Å²) in [6.07, 6.45) is 3.04. The number of nitrogens with zero attached hydrogens (tertiary/aromatic N) is 2. The van der Waals surface area contributed by atoms with Crippen molar-refractivity contribution in [2.45, 2.75) is 13.8 Å². The molecule has 0 aliphatic carbocycles. The van der Waals surface area contributed by atoms with Crippen molar-refractivity contribution >= 4 is 23.2 Å². The molecule has 2 amide bonds. The molecular formula is C20H24N4O2. The van der Waals surface area contributed by atoms with Gasteiger partial charge in [-0.1, -0.05) is 6.08 Å². The first-order valence-electron chi connectivity index (χ1n) is 8.60. The Morgan fingerprint density at radius 2 is 1.81 bits per heavy atom. The van der Waals surface area contributed by atoms with Gasteiger partial charge in [0, 0.05) is 42.8 Å². The zero-order valence-electron chi connectivity index (χ0n) is 15.2. The van der Waals surface area contributed by atoms with Gasteiger partial charge in [0.15, 0.2) is 0 Å². The average Bonchev–Trinajstić information content (AvgIpc) is 2.68. The van der Waals surface area contributed by atoms with Gasteiger partial charge in [0.2, 0.25) is 0 Å². The number of nitrogens with one attached hydrogen (secondary N) is 2. The van der Waals surface area contributed by atoms with E-state index in [4.69, 9.17) is 0 Å². The van der Waals surface area contributed by atoms with Crippen LogP contribution in [0.4, 0.5) is 11.4 Å². The highest BCUT2D eigenvalue weighted by Crippen LogP contribution is 2.18. The molecule has 0 bridgehead atoms. The maximum Gasteiger partial charge on any atom is 0.274 e.